The highest BCUT2D eigenvalue weighted by atomic mass is 32.2. The molecule has 0 aliphatic heterocycles. The summed E-state index contributed by atoms with van der Waals surface area (Å²) in [5.41, 5.74) is 3.39. The number of hydrogen-bond donors (Lipinski definition) is 1. The van der Waals surface area contributed by atoms with E-state index in [1.807, 2.05) is 62.5 Å². The van der Waals surface area contributed by atoms with Gasteiger partial charge in [0, 0.05) is 11.4 Å². The number of carbonyl (C=O) groups is 1. The minimum absolute atomic E-state index is 0.0686. The molecule has 0 aliphatic rings. The number of aromatic nitrogens is 2. The molecular formula is C25H25N3O2S2. The second kappa shape index (κ2) is 9.71. The molecule has 1 unspecified atom stereocenters. The summed E-state index contributed by atoms with van der Waals surface area (Å²) >= 11 is 2.99. The van der Waals surface area contributed by atoms with Gasteiger partial charge in [0.25, 0.3) is 5.56 Å². The number of fused-ring (bicyclic) bond motifs is 1. The van der Waals surface area contributed by atoms with E-state index in [-0.39, 0.29) is 11.5 Å². The fourth-order valence-corrected chi connectivity index (χ4v) is 5.28. The molecule has 4 aromatic rings. The smallest absolute Gasteiger partial charge is 0.266 e. The van der Waals surface area contributed by atoms with Crippen LogP contribution in [-0.4, -0.2) is 27.3 Å². The van der Waals surface area contributed by atoms with Gasteiger partial charge in [-0.05, 0) is 74.0 Å². The molecule has 1 amide bonds. The van der Waals surface area contributed by atoms with Crippen molar-refractivity contribution < 1.29 is 4.79 Å². The Morgan fingerprint density at radius 2 is 1.88 bits per heavy atom. The Labute approximate surface area is 195 Å². The van der Waals surface area contributed by atoms with Crippen molar-refractivity contribution in [2.24, 2.45) is 0 Å². The zero-order valence-corrected chi connectivity index (χ0v) is 19.9. The molecule has 4 rings (SSSR count). The van der Waals surface area contributed by atoms with Crippen LogP contribution in [0.15, 0.2) is 69.9 Å². The van der Waals surface area contributed by atoms with Gasteiger partial charge >= 0.3 is 0 Å². The molecule has 0 saturated carbocycles. The van der Waals surface area contributed by atoms with Crippen LogP contribution in [0.4, 0.5) is 0 Å². The third-order valence-electron chi connectivity index (χ3n) is 5.11. The van der Waals surface area contributed by atoms with E-state index >= 15 is 0 Å². The molecule has 0 bridgehead atoms. The summed E-state index contributed by atoms with van der Waals surface area (Å²) < 4.78 is 1.63. The molecule has 164 valence electrons. The lowest BCUT2D eigenvalue weighted by Gasteiger charge is -2.17. The van der Waals surface area contributed by atoms with Crippen molar-refractivity contribution in [1.29, 1.82) is 0 Å². The lowest BCUT2D eigenvalue weighted by molar-refractivity contribution is -0.120. The lowest BCUT2D eigenvalue weighted by Crippen LogP contribution is -2.33. The molecule has 5 nitrogen and oxygen atoms in total. The van der Waals surface area contributed by atoms with Crippen molar-refractivity contribution in [3.05, 3.63) is 86.3 Å². The van der Waals surface area contributed by atoms with Gasteiger partial charge in [0.2, 0.25) is 5.91 Å². The van der Waals surface area contributed by atoms with Crippen molar-refractivity contribution in [2.45, 2.75) is 37.6 Å². The van der Waals surface area contributed by atoms with Crippen LogP contribution in [0, 0.1) is 13.8 Å². The van der Waals surface area contributed by atoms with Crippen LogP contribution < -0.4 is 10.9 Å². The topological polar surface area (TPSA) is 64.0 Å². The van der Waals surface area contributed by atoms with Crippen LogP contribution in [0.5, 0.6) is 0 Å². The number of thioether (sulfide) groups is 1. The summed E-state index contributed by atoms with van der Waals surface area (Å²) in [6.45, 7) is 6.44. The number of nitrogens with zero attached hydrogens (tertiary/aromatic N) is 2. The third kappa shape index (κ3) is 4.95. The summed E-state index contributed by atoms with van der Waals surface area (Å²) in [7, 11) is 0. The predicted molar refractivity (Wildman–Crippen MR) is 133 cm³/mol. The summed E-state index contributed by atoms with van der Waals surface area (Å²) in [5, 5.41) is 5.71. The number of amides is 1. The second-order valence-electron chi connectivity index (χ2n) is 7.78. The number of hydrogen-bond acceptors (Lipinski definition) is 5. The summed E-state index contributed by atoms with van der Waals surface area (Å²) in [4.78, 5) is 32.2. The number of para-hydroxylation sites is 1. The minimum Gasteiger partial charge on any atom is -0.355 e. The zero-order valence-electron chi connectivity index (χ0n) is 18.3. The fourth-order valence-electron chi connectivity index (χ4n) is 3.62. The number of carbonyl (C=O) groups excluding carboxylic acids is 1. The molecule has 2 aromatic carbocycles. The molecule has 1 N–H and O–H groups in total. The maximum Gasteiger partial charge on any atom is 0.266 e. The Balaban J connectivity index is 1.64. The van der Waals surface area contributed by atoms with Crippen LogP contribution in [0.25, 0.3) is 16.6 Å². The van der Waals surface area contributed by atoms with Gasteiger partial charge < -0.3 is 5.32 Å². The van der Waals surface area contributed by atoms with Crippen molar-refractivity contribution in [3.63, 3.8) is 0 Å². The molecule has 32 heavy (non-hydrogen) atoms. The van der Waals surface area contributed by atoms with Crippen LogP contribution in [0.3, 0.4) is 0 Å². The van der Waals surface area contributed by atoms with Gasteiger partial charge in [0.05, 0.1) is 21.8 Å². The highest BCUT2D eigenvalue weighted by molar-refractivity contribution is 8.00. The van der Waals surface area contributed by atoms with Gasteiger partial charge in [-0.25, -0.2) is 4.98 Å². The van der Waals surface area contributed by atoms with E-state index in [0.29, 0.717) is 22.6 Å². The van der Waals surface area contributed by atoms with Crippen molar-refractivity contribution in [2.75, 3.05) is 6.54 Å². The Hall–Kier alpha value is -2.90. The van der Waals surface area contributed by atoms with Crippen molar-refractivity contribution >= 4 is 39.9 Å². The first-order valence-electron chi connectivity index (χ1n) is 10.5. The molecule has 0 spiro atoms. The number of benzene rings is 2. The maximum absolute atomic E-state index is 13.4. The molecule has 2 aromatic heterocycles. The van der Waals surface area contributed by atoms with E-state index in [0.717, 1.165) is 23.2 Å². The molecule has 2 heterocycles. The van der Waals surface area contributed by atoms with Gasteiger partial charge in [0.15, 0.2) is 5.16 Å². The van der Waals surface area contributed by atoms with Crippen LogP contribution in [0.1, 0.15) is 22.9 Å². The SMILES string of the molecule is Cc1cc(C)cc(-n2c(SC(C)C(=O)NCCc3cccs3)nc3ccccc3c2=O)c1. The molecule has 0 aliphatic carbocycles. The van der Waals surface area contributed by atoms with Gasteiger partial charge in [-0.15, -0.1) is 11.3 Å². The van der Waals surface area contributed by atoms with Crippen molar-refractivity contribution in [3.8, 4) is 5.69 Å². The van der Waals surface area contributed by atoms with Crippen LogP contribution >= 0.6 is 23.1 Å². The molecule has 1 atom stereocenters. The highest BCUT2D eigenvalue weighted by Gasteiger charge is 2.20. The summed E-state index contributed by atoms with van der Waals surface area (Å²) in [5.74, 6) is -0.0686. The normalized spacial score (nSPS) is 12.1. The zero-order chi connectivity index (χ0) is 22.7. The molecule has 0 fully saturated rings. The Morgan fingerprint density at radius 1 is 1.12 bits per heavy atom. The van der Waals surface area contributed by atoms with Crippen molar-refractivity contribution in [1.82, 2.24) is 14.9 Å². The maximum atomic E-state index is 13.4. The average molecular weight is 464 g/mol. The minimum atomic E-state index is -0.399. The molecule has 7 heteroatoms. The molecule has 0 saturated heterocycles. The number of thiophene rings is 1. The Kier molecular flexibility index (Phi) is 6.77. The predicted octanol–water partition coefficient (Wildman–Crippen LogP) is 4.90. The second-order valence-corrected chi connectivity index (χ2v) is 10.1. The highest BCUT2D eigenvalue weighted by Crippen LogP contribution is 2.26. The number of rotatable bonds is 7. The first-order valence-corrected chi connectivity index (χ1v) is 12.3. The largest absolute Gasteiger partial charge is 0.355 e. The summed E-state index contributed by atoms with van der Waals surface area (Å²) in [6, 6.07) is 17.4. The average Bonchev–Trinajstić information content (AvgIpc) is 3.26. The molecular weight excluding hydrogens is 438 g/mol. The van der Waals surface area contributed by atoms with E-state index in [9.17, 15) is 9.59 Å². The Morgan fingerprint density at radius 3 is 2.59 bits per heavy atom. The standard InChI is InChI=1S/C25H25N3O2S2/c1-16-13-17(2)15-19(14-16)28-24(30)21-8-4-5-9-22(21)27-25(28)32-18(3)23(29)26-11-10-20-7-6-12-31-20/h4-9,12-15,18H,10-11H2,1-3H3,(H,26,29). The van der Waals surface area contributed by atoms with E-state index in [1.165, 1.54) is 16.6 Å². The van der Waals surface area contributed by atoms with Crippen LogP contribution in [-0.2, 0) is 11.2 Å². The van der Waals surface area contributed by atoms with E-state index < -0.39 is 5.25 Å². The number of nitrogens with one attached hydrogen (secondary N) is 1. The third-order valence-corrected chi connectivity index (χ3v) is 7.10. The first-order chi connectivity index (χ1) is 15.4. The first kappa shape index (κ1) is 22.3. The quantitative estimate of drug-likeness (QED) is 0.313. The summed E-state index contributed by atoms with van der Waals surface area (Å²) in [6.07, 6.45) is 0.808. The van der Waals surface area contributed by atoms with E-state index in [2.05, 4.69) is 17.4 Å². The van der Waals surface area contributed by atoms with Gasteiger partial charge in [-0.1, -0.05) is 36.0 Å². The lowest BCUT2D eigenvalue weighted by atomic mass is 10.1. The van der Waals surface area contributed by atoms with E-state index in [1.54, 1.807) is 22.0 Å². The molecule has 0 radical (unpaired) electrons. The Bertz CT molecular complexity index is 1290. The van der Waals surface area contributed by atoms with Gasteiger partial charge in [0.1, 0.15) is 0 Å². The van der Waals surface area contributed by atoms with Gasteiger partial charge in [-0.2, -0.15) is 0 Å². The van der Waals surface area contributed by atoms with E-state index in [4.69, 9.17) is 4.98 Å². The monoisotopic (exact) mass is 463 g/mol. The van der Waals surface area contributed by atoms with Crippen LogP contribution in [0.2, 0.25) is 0 Å². The fraction of sp³-hybridized carbons (Fsp3) is 0.240. The number of aryl methyl sites for hydroxylation is 2. The van der Waals surface area contributed by atoms with Gasteiger partial charge in [-0.3, -0.25) is 14.2 Å².